The predicted molar refractivity (Wildman–Crippen MR) is 32.6 cm³/mol. The Morgan fingerprint density at radius 1 is 1.78 bits per heavy atom. The zero-order valence-corrected chi connectivity index (χ0v) is 5.26. The summed E-state index contributed by atoms with van der Waals surface area (Å²) < 4.78 is 0. The first-order valence-electron chi connectivity index (χ1n) is 3.15. The van der Waals surface area contributed by atoms with Crippen LogP contribution in [0.1, 0.15) is 0 Å². The maximum Gasteiger partial charge on any atom is 0.240 e. The molecule has 0 aromatic heterocycles. The van der Waals surface area contributed by atoms with Crippen LogP contribution in [0.3, 0.4) is 0 Å². The number of hydrogen-bond acceptors (Lipinski definition) is 2. The lowest BCUT2D eigenvalue weighted by molar-refractivity contribution is -0.660. The van der Waals surface area contributed by atoms with Crippen LogP contribution < -0.4 is 16.4 Å². The van der Waals surface area contributed by atoms with Crippen molar-refractivity contribution in [3.8, 4) is 0 Å². The van der Waals surface area contributed by atoms with Crippen molar-refractivity contribution in [2.24, 2.45) is 5.73 Å². The number of piperazine rings is 1. The van der Waals surface area contributed by atoms with E-state index in [1.165, 1.54) is 0 Å². The largest absolute Gasteiger partial charge is 0.368 e. The van der Waals surface area contributed by atoms with E-state index in [4.69, 9.17) is 5.73 Å². The number of primary amides is 1. The second-order valence-electron chi connectivity index (χ2n) is 2.22. The van der Waals surface area contributed by atoms with E-state index in [9.17, 15) is 4.79 Å². The first-order valence-corrected chi connectivity index (χ1v) is 3.15. The van der Waals surface area contributed by atoms with Gasteiger partial charge < -0.3 is 11.1 Å². The van der Waals surface area contributed by atoms with Gasteiger partial charge in [-0.15, -0.1) is 0 Å². The lowest BCUT2D eigenvalue weighted by Gasteiger charge is -2.18. The molecule has 9 heavy (non-hydrogen) atoms. The number of nitrogens with one attached hydrogen (secondary N) is 1. The molecule has 1 saturated heterocycles. The summed E-state index contributed by atoms with van der Waals surface area (Å²) in [4.78, 5) is 10.5. The normalized spacial score (nSPS) is 27.8. The number of quaternary nitrogens is 1. The predicted octanol–water partition coefficient (Wildman–Crippen LogP) is -2.99. The van der Waals surface area contributed by atoms with Crippen molar-refractivity contribution in [1.82, 2.24) is 5.32 Å². The Kier molecular flexibility index (Phi) is 2.02. The molecule has 1 fully saturated rings. The van der Waals surface area contributed by atoms with E-state index in [0.717, 1.165) is 19.6 Å². The summed E-state index contributed by atoms with van der Waals surface area (Å²) in [6, 6.07) is -0.112. The monoisotopic (exact) mass is 130 g/mol. The minimum atomic E-state index is -0.244. The van der Waals surface area contributed by atoms with Gasteiger partial charge in [-0.3, -0.25) is 10.1 Å². The maximum atomic E-state index is 10.5. The third-order valence-electron chi connectivity index (χ3n) is 1.49. The molecule has 0 aromatic rings. The molecule has 0 spiro atoms. The summed E-state index contributed by atoms with van der Waals surface area (Å²) in [5.41, 5.74) is 5.05. The summed E-state index contributed by atoms with van der Waals surface area (Å²) in [5, 5.41) is 5.10. The number of nitrogens with two attached hydrogens (primary N) is 2. The van der Waals surface area contributed by atoms with Gasteiger partial charge >= 0.3 is 0 Å². The minimum Gasteiger partial charge on any atom is -0.368 e. The fraction of sp³-hybridized carbons (Fsp3) is 0.800. The molecule has 0 radical (unpaired) electrons. The molecule has 1 amide bonds. The molecule has 1 aliphatic heterocycles. The van der Waals surface area contributed by atoms with Crippen LogP contribution in [0.2, 0.25) is 0 Å². The van der Waals surface area contributed by atoms with Gasteiger partial charge in [-0.25, -0.2) is 0 Å². The van der Waals surface area contributed by atoms with Gasteiger partial charge in [0.25, 0.3) is 0 Å². The lowest BCUT2D eigenvalue weighted by atomic mass is 10.2. The third kappa shape index (κ3) is 1.65. The summed E-state index contributed by atoms with van der Waals surface area (Å²) >= 11 is 0. The van der Waals surface area contributed by atoms with Crippen molar-refractivity contribution in [3.05, 3.63) is 0 Å². The Bertz CT molecular complexity index is 109. The van der Waals surface area contributed by atoms with Gasteiger partial charge in [-0.1, -0.05) is 0 Å². The Morgan fingerprint density at radius 2 is 2.56 bits per heavy atom. The molecule has 1 atom stereocenters. The SMILES string of the molecule is NC(=O)[C@H]1C[NH2+]CCN1. The molecule has 1 rings (SSSR count). The molecule has 1 heterocycles. The van der Waals surface area contributed by atoms with Crippen molar-refractivity contribution >= 4 is 5.91 Å². The first-order chi connectivity index (χ1) is 4.30. The maximum absolute atomic E-state index is 10.5. The van der Waals surface area contributed by atoms with Gasteiger partial charge in [-0.2, -0.15) is 0 Å². The Hall–Kier alpha value is -0.610. The molecular weight excluding hydrogens is 118 g/mol. The molecular formula is C5H12N3O+. The van der Waals surface area contributed by atoms with Crippen LogP contribution in [0.15, 0.2) is 0 Å². The van der Waals surface area contributed by atoms with E-state index in [1.54, 1.807) is 0 Å². The van der Waals surface area contributed by atoms with Crippen LogP contribution in [-0.2, 0) is 4.79 Å². The van der Waals surface area contributed by atoms with E-state index in [2.05, 4.69) is 10.6 Å². The summed E-state index contributed by atoms with van der Waals surface area (Å²) in [5.74, 6) is -0.244. The van der Waals surface area contributed by atoms with E-state index in [1.807, 2.05) is 0 Å². The van der Waals surface area contributed by atoms with Gasteiger partial charge in [0.2, 0.25) is 5.91 Å². The number of amides is 1. The van der Waals surface area contributed by atoms with Crippen molar-refractivity contribution in [2.75, 3.05) is 19.6 Å². The highest BCUT2D eigenvalue weighted by Crippen LogP contribution is 1.77. The average molecular weight is 130 g/mol. The highest BCUT2D eigenvalue weighted by molar-refractivity contribution is 5.79. The van der Waals surface area contributed by atoms with Gasteiger partial charge in [0.15, 0.2) is 0 Å². The number of carbonyl (C=O) groups excluding carboxylic acids is 1. The standard InChI is InChI=1S/C5H11N3O/c6-5(9)4-3-7-1-2-8-4/h4,7-8H,1-3H2,(H2,6,9)/p+1/t4-/m1/s1. The molecule has 4 nitrogen and oxygen atoms in total. The molecule has 52 valence electrons. The van der Waals surface area contributed by atoms with Crippen LogP contribution in [0.4, 0.5) is 0 Å². The Labute approximate surface area is 53.8 Å². The molecule has 0 bridgehead atoms. The highest BCUT2D eigenvalue weighted by Gasteiger charge is 2.19. The quantitative estimate of drug-likeness (QED) is 0.354. The smallest absolute Gasteiger partial charge is 0.240 e. The van der Waals surface area contributed by atoms with Crippen molar-refractivity contribution in [1.29, 1.82) is 0 Å². The molecule has 0 aliphatic carbocycles. The van der Waals surface area contributed by atoms with E-state index < -0.39 is 0 Å². The van der Waals surface area contributed by atoms with Gasteiger partial charge in [0.1, 0.15) is 12.6 Å². The average Bonchev–Trinajstić information content (AvgIpc) is 1.90. The highest BCUT2D eigenvalue weighted by atomic mass is 16.1. The second-order valence-corrected chi connectivity index (χ2v) is 2.22. The van der Waals surface area contributed by atoms with Gasteiger partial charge in [0.05, 0.1) is 6.54 Å². The molecule has 0 aromatic carbocycles. The fourth-order valence-corrected chi connectivity index (χ4v) is 0.944. The number of hydrogen-bond donors (Lipinski definition) is 3. The van der Waals surface area contributed by atoms with Gasteiger partial charge in [-0.05, 0) is 0 Å². The molecule has 0 saturated carbocycles. The Morgan fingerprint density at radius 3 is 2.89 bits per heavy atom. The van der Waals surface area contributed by atoms with E-state index >= 15 is 0 Å². The first kappa shape index (κ1) is 6.51. The Balaban J connectivity index is 2.31. The van der Waals surface area contributed by atoms with Crippen LogP contribution in [0.25, 0.3) is 0 Å². The third-order valence-corrected chi connectivity index (χ3v) is 1.49. The lowest BCUT2D eigenvalue weighted by Crippen LogP contribution is -2.92. The molecule has 5 N–H and O–H groups in total. The number of rotatable bonds is 1. The van der Waals surface area contributed by atoms with Crippen LogP contribution >= 0.6 is 0 Å². The summed E-state index contributed by atoms with van der Waals surface area (Å²) in [6.45, 7) is 2.72. The summed E-state index contributed by atoms with van der Waals surface area (Å²) in [6.07, 6.45) is 0. The van der Waals surface area contributed by atoms with E-state index in [-0.39, 0.29) is 11.9 Å². The topological polar surface area (TPSA) is 71.7 Å². The zero-order chi connectivity index (χ0) is 6.69. The van der Waals surface area contributed by atoms with E-state index in [0.29, 0.717) is 0 Å². The minimum absolute atomic E-state index is 0.112. The van der Waals surface area contributed by atoms with Crippen molar-refractivity contribution in [2.45, 2.75) is 6.04 Å². The van der Waals surface area contributed by atoms with Crippen molar-refractivity contribution < 1.29 is 10.1 Å². The second kappa shape index (κ2) is 2.80. The number of carbonyl (C=O) groups is 1. The van der Waals surface area contributed by atoms with Crippen LogP contribution in [0, 0.1) is 0 Å². The molecule has 1 aliphatic rings. The van der Waals surface area contributed by atoms with Gasteiger partial charge in [0, 0.05) is 6.54 Å². The zero-order valence-electron chi connectivity index (χ0n) is 5.26. The van der Waals surface area contributed by atoms with Crippen LogP contribution in [0.5, 0.6) is 0 Å². The van der Waals surface area contributed by atoms with Crippen molar-refractivity contribution in [3.63, 3.8) is 0 Å². The fourth-order valence-electron chi connectivity index (χ4n) is 0.944. The molecule has 0 unspecified atom stereocenters. The molecule has 4 heteroatoms. The van der Waals surface area contributed by atoms with Crippen LogP contribution in [-0.4, -0.2) is 31.6 Å². The summed E-state index contributed by atoms with van der Waals surface area (Å²) in [7, 11) is 0.